The third-order valence-corrected chi connectivity index (χ3v) is 4.29. The molecule has 1 aliphatic carbocycles. The summed E-state index contributed by atoms with van der Waals surface area (Å²) in [5.41, 5.74) is 8.78. The molecule has 0 radical (unpaired) electrons. The van der Waals surface area contributed by atoms with E-state index in [0.29, 0.717) is 0 Å². The van der Waals surface area contributed by atoms with Crippen molar-refractivity contribution in [3.63, 3.8) is 0 Å². The number of rotatable bonds is 3. The molecule has 1 aromatic carbocycles. The van der Waals surface area contributed by atoms with Crippen LogP contribution in [0.2, 0.25) is 0 Å². The molecule has 2 rings (SSSR count). The lowest BCUT2D eigenvalue weighted by atomic mass is 9.72. The Morgan fingerprint density at radius 2 is 2.06 bits per heavy atom. The lowest BCUT2D eigenvalue weighted by Crippen LogP contribution is -2.31. The highest BCUT2D eigenvalue weighted by Crippen LogP contribution is 2.35. The Morgan fingerprint density at radius 1 is 1.24 bits per heavy atom. The Kier molecular flexibility index (Phi) is 4.22. The van der Waals surface area contributed by atoms with Gasteiger partial charge in [0.25, 0.3) is 0 Å². The van der Waals surface area contributed by atoms with E-state index in [-0.39, 0.29) is 0 Å². The van der Waals surface area contributed by atoms with Crippen molar-refractivity contribution >= 4 is 0 Å². The molecule has 1 saturated carbocycles. The smallest absolute Gasteiger partial charge is 0.00461 e. The van der Waals surface area contributed by atoms with Gasteiger partial charge >= 0.3 is 0 Å². The van der Waals surface area contributed by atoms with Crippen LogP contribution < -0.4 is 5.73 Å². The second-order valence-corrected chi connectivity index (χ2v) is 5.87. The zero-order chi connectivity index (χ0) is 12.3. The van der Waals surface area contributed by atoms with Crippen molar-refractivity contribution in [2.75, 3.05) is 6.54 Å². The molecule has 17 heavy (non-hydrogen) atoms. The van der Waals surface area contributed by atoms with E-state index in [4.69, 9.17) is 5.73 Å². The quantitative estimate of drug-likeness (QED) is 0.846. The Labute approximate surface area is 105 Å². The number of benzene rings is 1. The molecule has 3 atom stereocenters. The summed E-state index contributed by atoms with van der Waals surface area (Å²) in [5.74, 6) is 2.42. The maximum absolute atomic E-state index is 5.92. The second-order valence-electron chi connectivity index (χ2n) is 5.87. The molecular formula is C16H25N. The van der Waals surface area contributed by atoms with Crippen molar-refractivity contribution in [1.29, 1.82) is 0 Å². The minimum Gasteiger partial charge on any atom is -0.330 e. The van der Waals surface area contributed by atoms with Gasteiger partial charge in [0.1, 0.15) is 0 Å². The van der Waals surface area contributed by atoms with Crippen LogP contribution in [0.4, 0.5) is 0 Å². The molecule has 0 bridgehead atoms. The Hall–Kier alpha value is -0.820. The Bertz CT molecular complexity index is 358. The van der Waals surface area contributed by atoms with Crippen molar-refractivity contribution in [3.05, 3.63) is 35.4 Å². The molecule has 0 aliphatic heterocycles. The summed E-state index contributed by atoms with van der Waals surface area (Å²) in [6.45, 7) is 5.42. The number of aryl methyl sites for hydroxylation is 1. The standard InChI is InChI=1S/C16H25N/c1-12-4-3-5-14(8-12)10-16-9-13(2)6-7-15(16)11-17/h3-5,8,13,15-16H,6-7,9-11,17H2,1-2H3. The maximum atomic E-state index is 5.92. The molecule has 0 aromatic heterocycles. The van der Waals surface area contributed by atoms with Crippen LogP contribution in [-0.2, 0) is 6.42 Å². The highest BCUT2D eigenvalue weighted by molar-refractivity contribution is 5.22. The Balaban J connectivity index is 2.04. The van der Waals surface area contributed by atoms with E-state index in [0.717, 1.165) is 24.3 Å². The van der Waals surface area contributed by atoms with E-state index in [9.17, 15) is 0 Å². The summed E-state index contributed by atoms with van der Waals surface area (Å²) in [7, 11) is 0. The largest absolute Gasteiger partial charge is 0.330 e. The minimum absolute atomic E-state index is 0.742. The second kappa shape index (κ2) is 5.68. The number of hydrogen-bond acceptors (Lipinski definition) is 1. The maximum Gasteiger partial charge on any atom is -0.00461 e. The molecule has 0 heterocycles. The molecule has 1 nitrogen and oxygen atoms in total. The van der Waals surface area contributed by atoms with E-state index in [1.54, 1.807) is 0 Å². The molecule has 1 aliphatic rings. The van der Waals surface area contributed by atoms with Crippen molar-refractivity contribution in [2.45, 2.75) is 39.5 Å². The fourth-order valence-corrected chi connectivity index (χ4v) is 3.26. The minimum atomic E-state index is 0.742. The van der Waals surface area contributed by atoms with Crippen LogP contribution in [-0.4, -0.2) is 6.54 Å². The average Bonchev–Trinajstić information content (AvgIpc) is 2.29. The van der Waals surface area contributed by atoms with Gasteiger partial charge in [-0.1, -0.05) is 43.2 Å². The lowest BCUT2D eigenvalue weighted by molar-refractivity contribution is 0.193. The first-order chi connectivity index (χ1) is 8.19. The van der Waals surface area contributed by atoms with Gasteiger partial charge < -0.3 is 5.73 Å². The predicted molar refractivity (Wildman–Crippen MR) is 73.9 cm³/mol. The fourth-order valence-electron chi connectivity index (χ4n) is 3.26. The van der Waals surface area contributed by atoms with Gasteiger partial charge in [-0.15, -0.1) is 0 Å². The molecule has 1 aromatic rings. The molecule has 1 fully saturated rings. The first-order valence-corrected chi connectivity index (χ1v) is 6.94. The summed E-state index contributed by atoms with van der Waals surface area (Å²) in [4.78, 5) is 0. The van der Waals surface area contributed by atoms with E-state index >= 15 is 0 Å². The summed E-state index contributed by atoms with van der Waals surface area (Å²) in [6, 6.07) is 8.94. The van der Waals surface area contributed by atoms with Crippen molar-refractivity contribution in [3.8, 4) is 0 Å². The molecule has 0 amide bonds. The van der Waals surface area contributed by atoms with E-state index in [1.807, 2.05) is 0 Å². The van der Waals surface area contributed by atoms with Crippen LogP contribution in [0.1, 0.15) is 37.3 Å². The monoisotopic (exact) mass is 231 g/mol. The van der Waals surface area contributed by atoms with Gasteiger partial charge in [-0.05, 0) is 56.0 Å². The summed E-state index contributed by atoms with van der Waals surface area (Å²) < 4.78 is 0. The zero-order valence-electron chi connectivity index (χ0n) is 11.2. The van der Waals surface area contributed by atoms with E-state index < -0.39 is 0 Å². The zero-order valence-corrected chi connectivity index (χ0v) is 11.2. The van der Waals surface area contributed by atoms with Crippen LogP contribution in [0.15, 0.2) is 24.3 Å². The summed E-state index contributed by atoms with van der Waals surface area (Å²) in [5, 5.41) is 0. The highest BCUT2D eigenvalue weighted by atomic mass is 14.6. The molecule has 0 spiro atoms. The topological polar surface area (TPSA) is 26.0 Å². The first-order valence-electron chi connectivity index (χ1n) is 6.94. The van der Waals surface area contributed by atoms with Crippen LogP contribution in [0.25, 0.3) is 0 Å². The van der Waals surface area contributed by atoms with Crippen molar-refractivity contribution < 1.29 is 0 Å². The van der Waals surface area contributed by atoms with Crippen LogP contribution in [0.3, 0.4) is 0 Å². The fraction of sp³-hybridized carbons (Fsp3) is 0.625. The number of nitrogens with two attached hydrogens (primary N) is 1. The predicted octanol–water partition coefficient (Wildman–Crippen LogP) is 3.55. The third kappa shape index (κ3) is 3.32. The lowest BCUT2D eigenvalue weighted by Gasteiger charge is -2.34. The van der Waals surface area contributed by atoms with Gasteiger partial charge in [0.15, 0.2) is 0 Å². The van der Waals surface area contributed by atoms with E-state index in [2.05, 4.69) is 38.1 Å². The number of hydrogen-bond donors (Lipinski definition) is 1. The molecular weight excluding hydrogens is 206 g/mol. The van der Waals surface area contributed by atoms with Gasteiger partial charge in [-0.3, -0.25) is 0 Å². The SMILES string of the molecule is Cc1cccc(CC2CC(C)CCC2CN)c1. The average molecular weight is 231 g/mol. The van der Waals surface area contributed by atoms with Gasteiger partial charge in [-0.2, -0.15) is 0 Å². The molecule has 2 N–H and O–H groups in total. The summed E-state index contributed by atoms with van der Waals surface area (Å²) >= 11 is 0. The van der Waals surface area contributed by atoms with Crippen LogP contribution in [0.5, 0.6) is 0 Å². The Morgan fingerprint density at radius 3 is 2.76 bits per heavy atom. The molecule has 94 valence electrons. The first kappa shape index (κ1) is 12.6. The molecule has 3 unspecified atom stereocenters. The highest BCUT2D eigenvalue weighted by Gasteiger charge is 2.27. The molecule has 1 heteroatoms. The van der Waals surface area contributed by atoms with Crippen molar-refractivity contribution in [2.24, 2.45) is 23.5 Å². The molecule has 0 saturated heterocycles. The van der Waals surface area contributed by atoms with Gasteiger partial charge in [0.2, 0.25) is 0 Å². The van der Waals surface area contributed by atoms with E-state index in [1.165, 1.54) is 36.8 Å². The van der Waals surface area contributed by atoms with Gasteiger partial charge in [0.05, 0.1) is 0 Å². The van der Waals surface area contributed by atoms with Crippen LogP contribution >= 0.6 is 0 Å². The van der Waals surface area contributed by atoms with Crippen LogP contribution in [0, 0.1) is 24.7 Å². The summed E-state index contributed by atoms with van der Waals surface area (Å²) in [6.07, 6.45) is 5.27. The van der Waals surface area contributed by atoms with Gasteiger partial charge in [-0.25, -0.2) is 0 Å². The normalized spacial score (nSPS) is 29.2. The van der Waals surface area contributed by atoms with Gasteiger partial charge in [0, 0.05) is 0 Å². The third-order valence-electron chi connectivity index (χ3n) is 4.29. The van der Waals surface area contributed by atoms with Crippen molar-refractivity contribution in [1.82, 2.24) is 0 Å².